The van der Waals surface area contributed by atoms with Crippen LogP contribution < -0.4 is 5.32 Å². The van der Waals surface area contributed by atoms with Crippen molar-refractivity contribution in [1.82, 2.24) is 5.32 Å². The van der Waals surface area contributed by atoms with Crippen LogP contribution >= 0.6 is 0 Å². The van der Waals surface area contributed by atoms with Crippen molar-refractivity contribution in [3.63, 3.8) is 0 Å². The van der Waals surface area contributed by atoms with Gasteiger partial charge >= 0.3 is 0 Å². The first kappa shape index (κ1) is 75.1. The highest BCUT2D eigenvalue weighted by atomic mass is 16.3. The van der Waals surface area contributed by atoms with Gasteiger partial charge in [0.25, 0.3) is 0 Å². The molecule has 0 aromatic heterocycles. The maximum atomic E-state index is 12.6. The molecule has 0 rings (SSSR count). The third kappa shape index (κ3) is 62.3. The lowest BCUT2D eigenvalue weighted by atomic mass is 10.0. The van der Waals surface area contributed by atoms with E-state index in [0.717, 1.165) is 25.7 Å². The van der Waals surface area contributed by atoms with Crippen molar-refractivity contribution in [2.45, 2.75) is 430 Å². The summed E-state index contributed by atoms with van der Waals surface area (Å²) in [5, 5.41) is 33.6. The summed E-state index contributed by atoms with van der Waals surface area (Å²) in [7, 11) is 0. The Balaban J connectivity index is 3.44. The van der Waals surface area contributed by atoms with Crippen LogP contribution in [0.4, 0.5) is 0 Å². The predicted octanol–water partition coefficient (Wildman–Crippen LogP) is 23.0. The van der Waals surface area contributed by atoms with Crippen LogP contribution in [-0.2, 0) is 4.79 Å². The maximum absolute atomic E-state index is 12.6. The van der Waals surface area contributed by atoms with E-state index in [9.17, 15) is 20.1 Å². The van der Waals surface area contributed by atoms with E-state index >= 15 is 0 Å². The Morgan fingerprint density at radius 1 is 0.329 bits per heavy atom. The van der Waals surface area contributed by atoms with Crippen molar-refractivity contribution in [1.29, 1.82) is 0 Å². The lowest BCUT2D eigenvalue weighted by molar-refractivity contribution is -0.124. The molecule has 0 bridgehead atoms. The molecule has 0 aromatic rings. The Kier molecular flexibility index (Phi) is 65.8. The first-order valence-electron chi connectivity index (χ1n) is 35.5. The third-order valence-corrected chi connectivity index (χ3v) is 17.1. The molecular formula is C71H141NO4. The van der Waals surface area contributed by atoms with E-state index in [0.29, 0.717) is 6.42 Å². The minimum Gasteiger partial charge on any atom is -0.394 e. The standard InChI is InChI=1S/C71H141NO4/c1-3-5-7-9-11-13-15-17-19-21-23-25-27-29-30-31-32-33-34-35-36-37-38-39-40-41-42-44-46-48-50-52-54-56-58-60-62-64-68(74)66-71(76)72-69(67-73)70(75)65-63-61-59-57-55-53-51-49-47-45-43-28-26-24-22-20-18-16-14-12-10-8-6-4-2/h63,65,68-70,73-75H,3-62,64,66-67H2,1-2H3,(H,72,76)/b65-63+. The molecule has 0 saturated carbocycles. The molecule has 0 fully saturated rings. The molecule has 76 heavy (non-hydrogen) atoms. The summed E-state index contributed by atoms with van der Waals surface area (Å²) in [6.45, 7) is 4.27. The first-order valence-corrected chi connectivity index (χ1v) is 35.5. The summed E-state index contributed by atoms with van der Waals surface area (Å²) in [5.74, 6) is -0.305. The average Bonchev–Trinajstić information content (AvgIpc) is 3.42. The van der Waals surface area contributed by atoms with E-state index < -0.39 is 18.2 Å². The number of carbonyl (C=O) groups excluding carboxylic acids is 1. The fraction of sp³-hybridized carbons (Fsp3) is 0.958. The second kappa shape index (κ2) is 66.6. The molecular weight excluding hydrogens is 931 g/mol. The van der Waals surface area contributed by atoms with Crippen LogP contribution in [0.2, 0.25) is 0 Å². The van der Waals surface area contributed by atoms with Gasteiger partial charge in [0.1, 0.15) is 0 Å². The number of unbranched alkanes of at least 4 members (excludes halogenated alkanes) is 58. The van der Waals surface area contributed by atoms with Gasteiger partial charge in [0.15, 0.2) is 0 Å². The Morgan fingerprint density at radius 2 is 0.539 bits per heavy atom. The summed E-state index contributed by atoms with van der Waals surface area (Å²) < 4.78 is 0. The Labute approximate surface area is 478 Å². The van der Waals surface area contributed by atoms with Gasteiger partial charge in [0.2, 0.25) is 5.91 Å². The number of carbonyl (C=O) groups is 1. The number of aliphatic hydroxyl groups is 3. The predicted molar refractivity (Wildman–Crippen MR) is 338 cm³/mol. The van der Waals surface area contributed by atoms with Crippen molar-refractivity contribution < 1.29 is 20.1 Å². The van der Waals surface area contributed by atoms with Gasteiger partial charge < -0.3 is 20.6 Å². The summed E-state index contributed by atoms with van der Waals surface area (Å²) in [6.07, 6.45) is 86.2. The number of allylic oxidation sites excluding steroid dienone is 1. The molecule has 0 saturated heterocycles. The van der Waals surface area contributed by atoms with Gasteiger partial charge in [-0.3, -0.25) is 4.79 Å². The molecule has 3 unspecified atom stereocenters. The van der Waals surface area contributed by atoms with Gasteiger partial charge in [-0.2, -0.15) is 0 Å². The normalized spacial score (nSPS) is 13.1. The van der Waals surface area contributed by atoms with Gasteiger partial charge in [-0.15, -0.1) is 0 Å². The molecule has 454 valence electrons. The zero-order valence-electron chi connectivity index (χ0n) is 52.2. The summed E-state index contributed by atoms with van der Waals surface area (Å²) >= 11 is 0. The van der Waals surface area contributed by atoms with E-state index in [4.69, 9.17) is 0 Å². The molecule has 0 aliphatic heterocycles. The van der Waals surface area contributed by atoms with Crippen LogP contribution in [0.5, 0.6) is 0 Å². The maximum Gasteiger partial charge on any atom is 0.222 e. The number of rotatable bonds is 67. The average molecular weight is 1070 g/mol. The summed E-state index contributed by atoms with van der Waals surface area (Å²) in [5.41, 5.74) is 0. The number of hydrogen-bond donors (Lipinski definition) is 4. The van der Waals surface area contributed by atoms with E-state index in [1.807, 2.05) is 6.08 Å². The lowest BCUT2D eigenvalue weighted by Gasteiger charge is -2.21. The van der Waals surface area contributed by atoms with Crippen molar-refractivity contribution in [2.24, 2.45) is 0 Å². The second-order valence-corrected chi connectivity index (χ2v) is 24.9. The van der Waals surface area contributed by atoms with Crippen LogP contribution in [0.25, 0.3) is 0 Å². The van der Waals surface area contributed by atoms with Crippen molar-refractivity contribution in [3.8, 4) is 0 Å². The van der Waals surface area contributed by atoms with Crippen LogP contribution in [0.1, 0.15) is 412 Å². The number of hydrogen-bond acceptors (Lipinski definition) is 4. The Hall–Kier alpha value is -0.910. The lowest BCUT2D eigenvalue weighted by Crippen LogP contribution is -2.45. The molecule has 0 aliphatic rings. The highest BCUT2D eigenvalue weighted by Crippen LogP contribution is 2.20. The molecule has 1 amide bonds. The molecule has 3 atom stereocenters. The molecule has 0 aliphatic carbocycles. The molecule has 5 nitrogen and oxygen atoms in total. The quantitative estimate of drug-likeness (QED) is 0.0361. The van der Waals surface area contributed by atoms with E-state index in [2.05, 4.69) is 19.2 Å². The van der Waals surface area contributed by atoms with Gasteiger partial charge in [0.05, 0.1) is 31.3 Å². The van der Waals surface area contributed by atoms with Gasteiger partial charge in [-0.05, 0) is 19.3 Å². The SMILES string of the molecule is CCCCCCCCCCCCCCCCCCCCCCCC/C=C/C(O)C(CO)NC(=O)CC(O)CCCCCCCCCCCCCCCCCCCCCCCCCCCCCCCCCCCCCCC. The van der Waals surface area contributed by atoms with Gasteiger partial charge in [-0.1, -0.05) is 398 Å². The number of aliphatic hydroxyl groups excluding tert-OH is 3. The van der Waals surface area contributed by atoms with Crippen molar-refractivity contribution in [3.05, 3.63) is 12.2 Å². The van der Waals surface area contributed by atoms with Crippen LogP contribution in [0.15, 0.2) is 12.2 Å². The molecule has 4 N–H and O–H groups in total. The first-order chi connectivity index (χ1) is 37.5. The van der Waals surface area contributed by atoms with E-state index in [-0.39, 0.29) is 18.9 Å². The topological polar surface area (TPSA) is 89.8 Å². The summed E-state index contributed by atoms with van der Waals surface area (Å²) in [4.78, 5) is 12.6. The molecule has 0 spiro atoms. The van der Waals surface area contributed by atoms with E-state index in [1.54, 1.807) is 6.08 Å². The highest BCUT2D eigenvalue weighted by molar-refractivity contribution is 5.76. The van der Waals surface area contributed by atoms with Crippen LogP contribution in [0, 0.1) is 0 Å². The highest BCUT2D eigenvalue weighted by Gasteiger charge is 2.20. The van der Waals surface area contributed by atoms with Gasteiger partial charge in [0, 0.05) is 0 Å². The minimum absolute atomic E-state index is 0.0200. The third-order valence-electron chi connectivity index (χ3n) is 17.1. The second-order valence-electron chi connectivity index (χ2n) is 24.9. The summed E-state index contributed by atoms with van der Waals surface area (Å²) in [6, 6.07) is -0.742. The fourth-order valence-corrected chi connectivity index (χ4v) is 11.7. The Bertz CT molecular complexity index is 1100. The van der Waals surface area contributed by atoms with Crippen LogP contribution in [-0.4, -0.2) is 46.1 Å². The molecule has 0 aromatic carbocycles. The monoisotopic (exact) mass is 1070 g/mol. The Morgan fingerprint density at radius 3 is 0.763 bits per heavy atom. The minimum atomic E-state index is -0.927. The largest absolute Gasteiger partial charge is 0.394 e. The molecule has 0 radical (unpaired) electrons. The van der Waals surface area contributed by atoms with Gasteiger partial charge in [-0.25, -0.2) is 0 Å². The van der Waals surface area contributed by atoms with Crippen molar-refractivity contribution >= 4 is 5.91 Å². The van der Waals surface area contributed by atoms with E-state index in [1.165, 1.54) is 360 Å². The fourth-order valence-electron chi connectivity index (χ4n) is 11.7. The van der Waals surface area contributed by atoms with Crippen LogP contribution in [0.3, 0.4) is 0 Å². The zero-order valence-corrected chi connectivity index (χ0v) is 52.2. The zero-order chi connectivity index (χ0) is 55.0. The number of amides is 1. The molecule has 0 heterocycles. The van der Waals surface area contributed by atoms with Crippen molar-refractivity contribution in [2.75, 3.05) is 6.61 Å². The number of nitrogens with one attached hydrogen (secondary N) is 1. The molecule has 5 heteroatoms. The smallest absolute Gasteiger partial charge is 0.222 e.